The lowest BCUT2D eigenvalue weighted by molar-refractivity contribution is 0.102. The maximum Gasteiger partial charge on any atom is 0.255 e. The van der Waals surface area contributed by atoms with Crippen LogP contribution in [0.5, 0.6) is 0 Å². The van der Waals surface area contributed by atoms with Crippen molar-refractivity contribution in [1.82, 2.24) is 4.72 Å². The van der Waals surface area contributed by atoms with E-state index in [-0.39, 0.29) is 17.0 Å². The van der Waals surface area contributed by atoms with Crippen LogP contribution in [0, 0.1) is 19.7 Å². The van der Waals surface area contributed by atoms with E-state index in [1.807, 2.05) is 30.3 Å². The molecule has 3 aromatic carbocycles. The number of hydrogen-bond donors (Lipinski definition) is 2. The van der Waals surface area contributed by atoms with E-state index in [9.17, 15) is 17.6 Å². The van der Waals surface area contributed by atoms with Crippen LogP contribution in [-0.2, 0) is 16.6 Å². The van der Waals surface area contributed by atoms with Gasteiger partial charge in [-0.3, -0.25) is 4.79 Å². The predicted octanol–water partition coefficient (Wildman–Crippen LogP) is 4.17. The molecule has 0 saturated carbocycles. The van der Waals surface area contributed by atoms with Crippen LogP contribution in [0.25, 0.3) is 0 Å². The zero-order chi connectivity index (χ0) is 21.0. The highest BCUT2D eigenvalue weighted by Gasteiger charge is 2.19. The van der Waals surface area contributed by atoms with E-state index in [0.717, 1.165) is 5.56 Å². The molecule has 0 unspecified atom stereocenters. The van der Waals surface area contributed by atoms with Crippen LogP contribution in [-0.4, -0.2) is 14.3 Å². The molecular formula is C22H21FN2O3S. The van der Waals surface area contributed by atoms with Crippen molar-refractivity contribution in [3.63, 3.8) is 0 Å². The first-order valence-electron chi connectivity index (χ1n) is 8.98. The van der Waals surface area contributed by atoms with Crippen molar-refractivity contribution >= 4 is 21.6 Å². The summed E-state index contributed by atoms with van der Waals surface area (Å²) < 4.78 is 41.3. The molecule has 0 aliphatic carbocycles. The second-order valence-electron chi connectivity index (χ2n) is 6.70. The number of hydrogen-bond acceptors (Lipinski definition) is 3. The summed E-state index contributed by atoms with van der Waals surface area (Å²) in [6.45, 7) is 3.49. The molecular weight excluding hydrogens is 391 g/mol. The first-order valence-corrected chi connectivity index (χ1v) is 10.5. The minimum Gasteiger partial charge on any atom is -0.322 e. The Morgan fingerprint density at radius 2 is 1.66 bits per heavy atom. The maximum absolute atomic E-state index is 13.2. The molecule has 0 atom stereocenters. The molecule has 0 saturated heterocycles. The molecule has 0 fully saturated rings. The van der Waals surface area contributed by atoms with Crippen LogP contribution >= 0.6 is 0 Å². The molecule has 2 N–H and O–H groups in total. The number of amides is 1. The molecule has 0 aliphatic heterocycles. The van der Waals surface area contributed by atoms with E-state index in [0.29, 0.717) is 16.8 Å². The van der Waals surface area contributed by atoms with Gasteiger partial charge in [0, 0.05) is 17.8 Å². The molecule has 29 heavy (non-hydrogen) atoms. The van der Waals surface area contributed by atoms with E-state index >= 15 is 0 Å². The lowest BCUT2D eigenvalue weighted by Gasteiger charge is -2.12. The van der Waals surface area contributed by atoms with Gasteiger partial charge in [0.25, 0.3) is 5.91 Å². The van der Waals surface area contributed by atoms with E-state index in [1.165, 1.54) is 24.3 Å². The van der Waals surface area contributed by atoms with Gasteiger partial charge in [-0.15, -0.1) is 0 Å². The first-order chi connectivity index (χ1) is 13.8. The summed E-state index contributed by atoms with van der Waals surface area (Å²) in [7, 11) is -3.81. The van der Waals surface area contributed by atoms with Crippen LogP contribution in [0.4, 0.5) is 10.1 Å². The molecule has 5 nitrogen and oxygen atoms in total. The highest BCUT2D eigenvalue weighted by Crippen LogP contribution is 2.20. The van der Waals surface area contributed by atoms with Crippen LogP contribution < -0.4 is 10.0 Å². The number of aryl methyl sites for hydroxylation is 2. The van der Waals surface area contributed by atoms with E-state index in [1.54, 1.807) is 26.0 Å². The first kappa shape index (κ1) is 20.7. The lowest BCUT2D eigenvalue weighted by atomic mass is 10.1. The largest absolute Gasteiger partial charge is 0.322 e. The zero-order valence-corrected chi connectivity index (χ0v) is 16.9. The highest BCUT2D eigenvalue weighted by atomic mass is 32.2. The van der Waals surface area contributed by atoms with Crippen molar-refractivity contribution in [1.29, 1.82) is 0 Å². The van der Waals surface area contributed by atoms with Crippen LogP contribution in [0.2, 0.25) is 0 Å². The van der Waals surface area contributed by atoms with Crippen molar-refractivity contribution in [2.75, 3.05) is 5.32 Å². The van der Waals surface area contributed by atoms with Gasteiger partial charge in [0.15, 0.2) is 0 Å². The van der Waals surface area contributed by atoms with Gasteiger partial charge in [-0.1, -0.05) is 36.4 Å². The van der Waals surface area contributed by atoms with Crippen molar-refractivity contribution in [2.45, 2.75) is 25.3 Å². The normalized spacial score (nSPS) is 11.3. The van der Waals surface area contributed by atoms with Gasteiger partial charge in [-0.25, -0.2) is 17.5 Å². The second kappa shape index (κ2) is 8.55. The summed E-state index contributed by atoms with van der Waals surface area (Å²) in [5.74, 6) is -0.868. The fourth-order valence-electron chi connectivity index (χ4n) is 2.84. The molecule has 0 aliphatic rings. The average molecular weight is 412 g/mol. The third-order valence-corrected chi connectivity index (χ3v) is 6.03. The summed E-state index contributed by atoms with van der Waals surface area (Å²) in [5.41, 5.74) is 2.58. The molecule has 3 rings (SSSR count). The number of anilines is 1. The Morgan fingerprint density at radius 3 is 2.34 bits per heavy atom. The van der Waals surface area contributed by atoms with Crippen molar-refractivity contribution in [3.05, 3.63) is 94.8 Å². The Balaban J connectivity index is 1.82. The van der Waals surface area contributed by atoms with Gasteiger partial charge in [-0.2, -0.15) is 0 Å². The zero-order valence-electron chi connectivity index (χ0n) is 16.1. The maximum atomic E-state index is 13.2. The van der Waals surface area contributed by atoms with E-state index in [4.69, 9.17) is 0 Å². The standard InChI is InChI=1S/C22H21FN2O3S/c1-15-8-9-18(22(26)25-20-11-10-19(23)12-16(20)2)13-21(15)29(27,28)24-14-17-6-4-3-5-7-17/h3-13,24H,14H2,1-2H3,(H,25,26). The lowest BCUT2D eigenvalue weighted by Crippen LogP contribution is -2.24. The molecule has 150 valence electrons. The summed E-state index contributed by atoms with van der Waals surface area (Å²) in [5, 5.41) is 2.69. The quantitative estimate of drug-likeness (QED) is 0.638. The van der Waals surface area contributed by atoms with Crippen molar-refractivity contribution < 1.29 is 17.6 Å². The number of nitrogens with one attached hydrogen (secondary N) is 2. The molecule has 1 amide bonds. The van der Waals surface area contributed by atoms with E-state index < -0.39 is 21.7 Å². The fourth-order valence-corrected chi connectivity index (χ4v) is 4.13. The molecule has 0 spiro atoms. The van der Waals surface area contributed by atoms with Crippen LogP contribution in [0.15, 0.2) is 71.6 Å². The minimum atomic E-state index is -3.81. The summed E-state index contributed by atoms with van der Waals surface area (Å²) >= 11 is 0. The van der Waals surface area contributed by atoms with E-state index in [2.05, 4.69) is 10.0 Å². The Kier molecular flexibility index (Phi) is 6.10. The Bertz CT molecular complexity index is 1150. The third-order valence-electron chi connectivity index (χ3n) is 4.49. The molecule has 3 aromatic rings. The molecule has 0 aromatic heterocycles. The Hall–Kier alpha value is -3.03. The predicted molar refractivity (Wildman–Crippen MR) is 111 cm³/mol. The van der Waals surface area contributed by atoms with Gasteiger partial charge in [0.2, 0.25) is 10.0 Å². The number of halogens is 1. The Labute approximate surface area is 169 Å². The van der Waals surface area contributed by atoms with Gasteiger partial charge in [0.05, 0.1) is 4.90 Å². The SMILES string of the molecule is Cc1cc(F)ccc1NC(=O)c1ccc(C)c(S(=O)(=O)NCc2ccccc2)c1. The number of benzene rings is 3. The second-order valence-corrected chi connectivity index (χ2v) is 8.44. The fraction of sp³-hybridized carbons (Fsp3) is 0.136. The molecule has 0 heterocycles. The minimum absolute atomic E-state index is 0.0388. The number of carbonyl (C=O) groups excluding carboxylic acids is 1. The monoisotopic (exact) mass is 412 g/mol. The number of carbonyl (C=O) groups is 1. The highest BCUT2D eigenvalue weighted by molar-refractivity contribution is 7.89. The molecule has 7 heteroatoms. The van der Waals surface area contributed by atoms with Crippen molar-refractivity contribution in [2.24, 2.45) is 0 Å². The summed E-state index contributed by atoms with van der Waals surface area (Å²) in [6, 6.07) is 17.7. The topological polar surface area (TPSA) is 75.3 Å². The number of sulfonamides is 1. The van der Waals surface area contributed by atoms with Crippen LogP contribution in [0.1, 0.15) is 27.0 Å². The number of rotatable bonds is 6. The van der Waals surface area contributed by atoms with Gasteiger partial charge < -0.3 is 5.32 Å². The van der Waals surface area contributed by atoms with Gasteiger partial charge in [-0.05, 0) is 60.9 Å². The molecule has 0 radical (unpaired) electrons. The third kappa shape index (κ3) is 5.07. The molecule has 0 bridgehead atoms. The van der Waals surface area contributed by atoms with Gasteiger partial charge in [0.1, 0.15) is 5.82 Å². The summed E-state index contributed by atoms with van der Waals surface area (Å²) in [6.07, 6.45) is 0. The van der Waals surface area contributed by atoms with Gasteiger partial charge >= 0.3 is 0 Å². The smallest absolute Gasteiger partial charge is 0.255 e. The average Bonchev–Trinajstić information content (AvgIpc) is 2.69. The van der Waals surface area contributed by atoms with Crippen molar-refractivity contribution in [3.8, 4) is 0 Å². The van der Waals surface area contributed by atoms with Crippen LogP contribution in [0.3, 0.4) is 0 Å². The summed E-state index contributed by atoms with van der Waals surface area (Å²) in [4.78, 5) is 12.6. The Morgan fingerprint density at radius 1 is 0.931 bits per heavy atom.